The van der Waals surface area contributed by atoms with E-state index in [1.165, 1.54) is 75.7 Å². The molecule has 33 nitrogen and oxygen atoms in total. The summed E-state index contributed by atoms with van der Waals surface area (Å²) in [6, 6.07) is 25.0. The number of nitrogens with one attached hydrogen (secondary N) is 6. The summed E-state index contributed by atoms with van der Waals surface area (Å²) in [6.07, 6.45) is -0.544. The number of nitrogens with zero attached hydrogens (tertiary/aromatic N) is 12. The smallest absolute Gasteiger partial charge is 0.417 e. The van der Waals surface area contributed by atoms with Gasteiger partial charge in [-0.15, -0.1) is 0 Å². The van der Waals surface area contributed by atoms with Crippen LogP contribution in [0.5, 0.6) is 0 Å². The normalized spacial score (nSPS) is 11.5. The summed E-state index contributed by atoms with van der Waals surface area (Å²) < 4.78 is 52.5. The van der Waals surface area contributed by atoms with Crippen molar-refractivity contribution in [3.63, 3.8) is 0 Å². The Balaban J connectivity index is 0.000000267. The fourth-order valence-corrected chi connectivity index (χ4v) is 13.3. The second-order valence-corrected chi connectivity index (χ2v) is 29.6. The van der Waals surface area contributed by atoms with Crippen LogP contribution >= 0.6 is 119 Å². The van der Waals surface area contributed by atoms with Crippen LogP contribution in [0.2, 0.25) is 10.0 Å². The third-order valence-corrected chi connectivity index (χ3v) is 22.3. The van der Waals surface area contributed by atoms with Gasteiger partial charge in [-0.05, 0) is 230 Å². The summed E-state index contributed by atoms with van der Waals surface area (Å²) in [5, 5.41) is 29.7. The van der Waals surface area contributed by atoms with Crippen LogP contribution in [0.3, 0.4) is 0 Å². The molecule has 9 rings (SSSR count). The zero-order valence-corrected chi connectivity index (χ0v) is 73.8. The number of anilines is 6. The summed E-state index contributed by atoms with van der Waals surface area (Å²) in [4.78, 5) is 129. The van der Waals surface area contributed by atoms with Crippen molar-refractivity contribution in [3.8, 4) is 0 Å². The highest BCUT2D eigenvalue weighted by atomic mass is 79.9. The Kier molecular flexibility index (Phi) is 36.7. The molecular weight excluding hydrogens is 1940 g/mol. The topological polar surface area (TPSA) is 383 Å². The first kappa shape index (κ1) is 94.5. The van der Waals surface area contributed by atoms with Gasteiger partial charge in [-0.1, -0.05) is 67.0 Å². The number of carbonyl (C=O) groups is 9. The molecule has 614 valence electrons. The first-order valence-electron chi connectivity index (χ1n) is 33.7. The maximum Gasteiger partial charge on any atom is 0.417 e. The number of amides is 6. The lowest BCUT2D eigenvalue weighted by atomic mass is 10.2. The molecule has 42 heteroatoms. The number of ether oxygens (including phenoxy) is 6. The van der Waals surface area contributed by atoms with E-state index in [1.807, 2.05) is 26.0 Å². The van der Waals surface area contributed by atoms with Gasteiger partial charge in [-0.2, -0.15) is 15.3 Å². The molecule has 0 spiro atoms. The van der Waals surface area contributed by atoms with Crippen molar-refractivity contribution in [2.45, 2.75) is 87.5 Å². The molecule has 115 heavy (non-hydrogen) atoms. The fraction of sp³-hybridized carbons (Fsp3) is 0.301. The Morgan fingerprint density at radius 2 is 0.713 bits per heavy atom. The SMILES string of the molecule is C.CNCC(=O)OCc1cccnc1N(C)C(=O)OC(C)n1nc(C(=O)Nc2ccc(C)cc2Cl)c(Br)c1Br.CNCC(=O)OCc1cccnc1N(C)C(=O)OC(C)n1nc(C(=O)Nc2ccc(C)cc2Cl)c(Br)c1Br.CNCC(=O)OCc1cccnc1N(C)C(=O)OC(C)n1nc(C(=O)Nc2ccc(C)cc2F)c(Br)c1Br. The summed E-state index contributed by atoms with van der Waals surface area (Å²) in [5.41, 5.74) is 5.07. The van der Waals surface area contributed by atoms with Crippen LogP contribution in [0.1, 0.15) is 112 Å². The van der Waals surface area contributed by atoms with Gasteiger partial charge >= 0.3 is 36.2 Å². The minimum atomic E-state index is -0.964. The van der Waals surface area contributed by atoms with Crippen molar-refractivity contribution in [3.05, 3.63) is 203 Å². The lowest BCUT2D eigenvalue weighted by Crippen LogP contribution is -2.31. The third-order valence-electron chi connectivity index (χ3n) is 15.5. The van der Waals surface area contributed by atoms with Crippen molar-refractivity contribution >= 4 is 207 Å². The maximum atomic E-state index is 14.2. The molecule has 6 N–H and O–H groups in total. The summed E-state index contributed by atoms with van der Waals surface area (Å²) in [6.45, 7) is 10.2. The van der Waals surface area contributed by atoms with Crippen molar-refractivity contribution in [2.75, 3.05) is 92.6 Å². The van der Waals surface area contributed by atoms with Crippen LogP contribution in [0.15, 0.2) is 137 Å². The van der Waals surface area contributed by atoms with Gasteiger partial charge in [0.25, 0.3) is 17.7 Å². The number of benzene rings is 3. The zero-order chi connectivity index (χ0) is 83.9. The predicted molar refractivity (Wildman–Crippen MR) is 450 cm³/mol. The van der Waals surface area contributed by atoms with Gasteiger partial charge < -0.3 is 60.3 Å². The van der Waals surface area contributed by atoms with E-state index >= 15 is 0 Å². The zero-order valence-electron chi connectivity index (χ0n) is 62.8. The molecular formula is C73H79Br6Cl2FN18O15. The number of hydrogen-bond acceptors (Lipinski definition) is 24. The number of hydrogen-bond donors (Lipinski definition) is 6. The Morgan fingerprint density at radius 3 is 0.983 bits per heavy atom. The van der Waals surface area contributed by atoms with Crippen LogP contribution in [0.25, 0.3) is 0 Å². The molecule has 0 bridgehead atoms. The lowest BCUT2D eigenvalue weighted by molar-refractivity contribution is -0.144. The second-order valence-electron chi connectivity index (χ2n) is 24.2. The number of carbonyl (C=O) groups excluding carboxylic acids is 9. The number of pyridine rings is 3. The maximum absolute atomic E-state index is 14.2. The first-order valence-corrected chi connectivity index (χ1v) is 39.2. The fourth-order valence-electron chi connectivity index (χ4n) is 9.73. The van der Waals surface area contributed by atoms with Crippen molar-refractivity contribution in [2.24, 2.45) is 0 Å². The molecule has 3 unspecified atom stereocenters. The number of likely N-dealkylation sites (N-methyl/N-ethyl adjacent to an activating group) is 3. The van der Waals surface area contributed by atoms with Crippen LogP contribution in [-0.2, 0) is 62.6 Å². The first-order chi connectivity index (χ1) is 54.1. The number of aromatic nitrogens is 9. The highest BCUT2D eigenvalue weighted by molar-refractivity contribution is 9.13. The summed E-state index contributed by atoms with van der Waals surface area (Å²) in [5.74, 6) is -2.85. The molecule has 3 aromatic carbocycles. The van der Waals surface area contributed by atoms with Crippen molar-refractivity contribution in [1.29, 1.82) is 0 Å². The molecule has 0 aliphatic heterocycles. The standard InChI is InChI=1S/2C24H25Br2ClN6O5.C24H25Br2FN6O5.CH4/c3*1-13-7-8-17(16(27)10-13)30-23(35)20-19(25)21(26)33(31-20)14(2)38-24(36)32(4)22-15(6-5-9-29-22)12-37-18(34)11-28-3;/h3*5-10,14,28H,11-12H2,1-4H3,(H,30,35);1H4. The lowest BCUT2D eigenvalue weighted by Gasteiger charge is -2.22. The second kappa shape index (κ2) is 44.7. The summed E-state index contributed by atoms with van der Waals surface area (Å²) >= 11 is 32.6. The van der Waals surface area contributed by atoms with Crippen LogP contribution in [-0.4, -0.2) is 160 Å². The van der Waals surface area contributed by atoms with E-state index in [1.54, 1.807) is 116 Å². The van der Waals surface area contributed by atoms with Crippen LogP contribution < -0.4 is 46.6 Å². The number of halogens is 9. The van der Waals surface area contributed by atoms with Crippen molar-refractivity contribution in [1.82, 2.24) is 60.2 Å². The minimum Gasteiger partial charge on any atom is -0.460 e. The van der Waals surface area contributed by atoms with Gasteiger partial charge in [0.05, 0.1) is 60.2 Å². The average molecular weight is 2020 g/mol. The Hall–Kier alpha value is -9.36. The molecule has 6 aromatic heterocycles. The number of rotatable bonds is 27. The highest BCUT2D eigenvalue weighted by Crippen LogP contribution is 2.36. The molecule has 6 amide bonds. The van der Waals surface area contributed by atoms with Crippen LogP contribution in [0, 0.1) is 26.6 Å². The third kappa shape index (κ3) is 25.8. The number of aryl methyl sites for hydroxylation is 3. The molecule has 0 saturated carbocycles. The molecule has 0 aliphatic rings. The molecule has 0 aliphatic carbocycles. The summed E-state index contributed by atoms with van der Waals surface area (Å²) in [7, 11) is 9.31. The van der Waals surface area contributed by atoms with E-state index < -0.39 is 78.4 Å². The monoisotopic (exact) mass is 2010 g/mol. The van der Waals surface area contributed by atoms with E-state index in [0.29, 0.717) is 66.4 Å². The van der Waals surface area contributed by atoms with E-state index in [4.69, 9.17) is 51.6 Å². The average Bonchev–Trinajstić information content (AvgIpc) is 1.66. The molecule has 6 heterocycles. The van der Waals surface area contributed by atoms with Gasteiger partial charge in [-0.3, -0.25) is 43.5 Å². The van der Waals surface area contributed by atoms with Crippen LogP contribution in [0.4, 0.5) is 53.3 Å². The predicted octanol–water partition coefficient (Wildman–Crippen LogP) is 15.3. The van der Waals surface area contributed by atoms with E-state index in [0.717, 1.165) is 16.0 Å². The van der Waals surface area contributed by atoms with Crippen molar-refractivity contribution < 1.29 is 76.0 Å². The van der Waals surface area contributed by atoms with Gasteiger partial charge in [0.15, 0.2) is 35.8 Å². The van der Waals surface area contributed by atoms with E-state index in [-0.39, 0.29) is 91.6 Å². The Bertz CT molecular complexity index is 4540. The van der Waals surface area contributed by atoms with Gasteiger partial charge in [0.2, 0.25) is 0 Å². The van der Waals surface area contributed by atoms with Gasteiger partial charge in [0, 0.05) is 56.4 Å². The van der Waals surface area contributed by atoms with E-state index in [9.17, 15) is 47.5 Å². The van der Waals surface area contributed by atoms with E-state index in [2.05, 4.69) is 158 Å². The quantitative estimate of drug-likeness (QED) is 0.0206. The Morgan fingerprint density at radius 1 is 0.443 bits per heavy atom. The van der Waals surface area contributed by atoms with Gasteiger partial charge in [0.1, 0.15) is 56.9 Å². The highest BCUT2D eigenvalue weighted by Gasteiger charge is 2.32. The largest absolute Gasteiger partial charge is 0.460 e. The molecule has 0 saturated heterocycles. The Labute approximate surface area is 720 Å². The molecule has 9 aromatic rings. The molecule has 0 radical (unpaired) electrons. The molecule has 3 atom stereocenters. The molecule has 0 fully saturated rings. The minimum absolute atomic E-state index is 0. The number of esters is 3. The van der Waals surface area contributed by atoms with Gasteiger partial charge in [-0.25, -0.2) is 47.8 Å².